The molecule has 2 amide bonds. The second kappa shape index (κ2) is 6.36. The molecule has 0 saturated carbocycles. The van der Waals surface area contributed by atoms with Gasteiger partial charge in [-0.3, -0.25) is 9.59 Å². The van der Waals surface area contributed by atoms with Gasteiger partial charge in [-0.05, 0) is 18.4 Å². The molecule has 1 atom stereocenters. The lowest BCUT2D eigenvalue weighted by molar-refractivity contribution is -0.143. The standard InChI is InChI=1S/C15H20N2O2/c1-2-13-15(19)16-10-11-17(13)14(18)9-8-12-6-4-3-5-7-12/h3-7,13H,2,8-11H2,1H3,(H,16,19). The Morgan fingerprint density at radius 3 is 2.79 bits per heavy atom. The number of rotatable bonds is 4. The summed E-state index contributed by atoms with van der Waals surface area (Å²) in [5.41, 5.74) is 1.16. The first-order valence-electron chi connectivity index (χ1n) is 6.83. The number of piperazine rings is 1. The van der Waals surface area contributed by atoms with Gasteiger partial charge in [0.1, 0.15) is 6.04 Å². The number of aryl methyl sites for hydroxylation is 1. The molecule has 4 nitrogen and oxygen atoms in total. The van der Waals surface area contributed by atoms with E-state index in [0.29, 0.717) is 25.9 Å². The first-order chi connectivity index (χ1) is 9.22. The molecule has 1 saturated heterocycles. The Bertz CT molecular complexity index is 445. The summed E-state index contributed by atoms with van der Waals surface area (Å²) in [5.74, 6) is 0.0485. The molecule has 1 N–H and O–H groups in total. The van der Waals surface area contributed by atoms with Crippen molar-refractivity contribution >= 4 is 11.8 Å². The van der Waals surface area contributed by atoms with E-state index in [4.69, 9.17) is 0 Å². The van der Waals surface area contributed by atoms with Crippen LogP contribution in [0.15, 0.2) is 30.3 Å². The molecule has 1 aromatic carbocycles. The molecule has 4 heteroatoms. The SMILES string of the molecule is CCC1C(=O)NCCN1C(=O)CCc1ccccc1. The summed E-state index contributed by atoms with van der Waals surface area (Å²) in [7, 11) is 0. The number of benzene rings is 1. The van der Waals surface area contributed by atoms with Crippen molar-refractivity contribution in [2.24, 2.45) is 0 Å². The zero-order chi connectivity index (χ0) is 13.7. The number of nitrogens with zero attached hydrogens (tertiary/aromatic N) is 1. The maximum Gasteiger partial charge on any atom is 0.242 e. The lowest BCUT2D eigenvalue weighted by Crippen LogP contribution is -2.56. The van der Waals surface area contributed by atoms with Crippen molar-refractivity contribution in [1.82, 2.24) is 10.2 Å². The highest BCUT2D eigenvalue weighted by Gasteiger charge is 2.30. The maximum atomic E-state index is 12.2. The van der Waals surface area contributed by atoms with Crippen molar-refractivity contribution in [2.75, 3.05) is 13.1 Å². The van der Waals surface area contributed by atoms with Crippen LogP contribution >= 0.6 is 0 Å². The van der Waals surface area contributed by atoms with Gasteiger partial charge in [-0.15, -0.1) is 0 Å². The van der Waals surface area contributed by atoms with E-state index in [9.17, 15) is 9.59 Å². The maximum absolute atomic E-state index is 12.2. The molecule has 1 fully saturated rings. The van der Waals surface area contributed by atoms with Gasteiger partial charge >= 0.3 is 0 Å². The van der Waals surface area contributed by atoms with E-state index in [-0.39, 0.29) is 17.9 Å². The first kappa shape index (κ1) is 13.6. The van der Waals surface area contributed by atoms with Crippen LogP contribution in [0.2, 0.25) is 0 Å². The van der Waals surface area contributed by atoms with Gasteiger partial charge in [0.05, 0.1) is 0 Å². The minimum absolute atomic E-state index is 0.0261. The number of carbonyl (C=O) groups is 2. The summed E-state index contributed by atoms with van der Waals surface area (Å²) < 4.78 is 0. The Kier molecular flexibility index (Phi) is 4.55. The van der Waals surface area contributed by atoms with Gasteiger partial charge in [0, 0.05) is 19.5 Å². The third kappa shape index (κ3) is 3.34. The smallest absolute Gasteiger partial charge is 0.242 e. The van der Waals surface area contributed by atoms with E-state index in [1.165, 1.54) is 0 Å². The predicted molar refractivity (Wildman–Crippen MR) is 73.6 cm³/mol. The van der Waals surface area contributed by atoms with E-state index >= 15 is 0 Å². The number of carbonyl (C=O) groups excluding carboxylic acids is 2. The van der Waals surface area contributed by atoms with Gasteiger partial charge < -0.3 is 10.2 Å². The highest BCUT2D eigenvalue weighted by Crippen LogP contribution is 2.12. The molecule has 0 aliphatic carbocycles. The number of hydrogen-bond donors (Lipinski definition) is 1. The highest BCUT2D eigenvalue weighted by atomic mass is 16.2. The average molecular weight is 260 g/mol. The van der Waals surface area contributed by atoms with Crippen molar-refractivity contribution in [1.29, 1.82) is 0 Å². The Hall–Kier alpha value is -1.84. The van der Waals surface area contributed by atoms with Crippen LogP contribution in [-0.2, 0) is 16.0 Å². The zero-order valence-electron chi connectivity index (χ0n) is 11.3. The fraction of sp³-hybridized carbons (Fsp3) is 0.467. The highest BCUT2D eigenvalue weighted by molar-refractivity contribution is 5.88. The molecule has 1 aromatic rings. The fourth-order valence-electron chi connectivity index (χ4n) is 2.46. The molecule has 102 valence electrons. The summed E-state index contributed by atoms with van der Waals surface area (Å²) in [6, 6.07) is 9.66. The quantitative estimate of drug-likeness (QED) is 0.888. The molecule has 0 bridgehead atoms. The predicted octanol–water partition coefficient (Wildman–Crippen LogP) is 1.36. The molecular formula is C15H20N2O2. The second-order valence-electron chi connectivity index (χ2n) is 4.79. The van der Waals surface area contributed by atoms with Crippen LogP contribution in [0.3, 0.4) is 0 Å². The normalized spacial score (nSPS) is 19.1. The number of nitrogens with one attached hydrogen (secondary N) is 1. The fourth-order valence-corrected chi connectivity index (χ4v) is 2.46. The molecule has 0 aromatic heterocycles. The van der Waals surface area contributed by atoms with Crippen molar-refractivity contribution in [3.8, 4) is 0 Å². The number of hydrogen-bond acceptors (Lipinski definition) is 2. The minimum Gasteiger partial charge on any atom is -0.353 e. The molecule has 1 heterocycles. The van der Waals surface area contributed by atoms with E-state index < -0.39 is 0 Å². The molecule has 1 aliphatic heterocycles. The summed E-state index contributed by atoms with van der Waals surface area (Å²) >= 11 is 0. The van der Waals surface area contributed by atoms with Crippen LogP contribution in [0.5, 0.6) is 0 Å². The third-order valence-electron chi connectivity index (χ3n) is 3.51. The van der Waals surface area contributed by atoms with E-state index in [0.717, 1.165) is 12.0 Å². The summed E-state index contributed by atoms with van der Waals surface area (Å²) in [4.78, 5) is 25.7. The van der Waals surface area contributed by atoms with Gasteiger partial charge in [-0.2, -0.15) is 0 Å². The van der Waals surface area contributed by atoms with E-state index in [1.54, 1.807) is 4.90 Å². The lowest BCUT2D eigenvalue weighted by Gasteiger charge is -2.34. The second-order valence-corrected chi connectivity index (χ2v) is 4.79. The molecule has 0 spiro atoms. The van der Waals surface area contributed by atoms with Gasteiger partial charge in [0.25, 0.3) is 0 Å². The topological polar surface area (TPSA) is 49.4 Å². The Morgan fingerprint density at radius 1 is 1.37 bits per heavy atom. The van der Waals surface area contributed by atoms with Crippen LogP contribution in [0.1, 0.15) is 25.3 Å². The monoisotopic (exact) mass is 260 g/mol. The lowest BCUT2D eigenvalue weighted by atomic mass is 10.1. The van der Waals surface area contributed by atoms with Crippen molar-refractivity contribution in [3.63, 3.8) is 0 Å². The first-order valence-corrected chi connectivity index (χ1v) is 6.83. The molecule has 1 unspecified atom stereocenters. The van der Waals surface area contributed by atoms with Crippen LogP contribution in [0.25, 0.3) is 0 Å². The Labute approximate surface area is 113 Å². The van der Waals surface area contributed by atoms with E-state index in [2.05, 4.69) is 5.32 Å². The van der Waals surface area contributed by atoms with Gasteiger partial charge in [-0.25, -0.2) is 0 Å². The van der Waals surface area contributed by atoms with Gasteiger partial charge in [-0.1, -0.05) is 37.3 Å². The van der Waals surface area contributed by atoms with Crippen molar-refractivity contribution in [2.45, 2.75) is 32.2 Å². The van der Waals surface area contributed by atoms with Crippen LogP contribution < -0.4 is 5.32 Å². The zero-order valence-corrected chi connectivity index (χ0v) is 11.3. The Morgan fingerprint density at radius 2 is 2.11 bits per heavy atom. The van der Waals surface area contributed by atoms with Crippen LogP contribution in [0, 0.1) is 0 Å². The Balaban J connectivity index is 1.93. The van der Waals surface area contributed by atoms with Crippen LogP contribution in [0.4, 0.5) is 0 Å². The average Bonchev–Trinajstić information content (AvgIpc) is 2.45. The molecule has 0 radical (unpaired) electrons. The van der Waals surface area contributed by atoms with Crippen molar-refractivity contribution in [3.05, 3.63) is 35.9 Å². The van der Waals surface area contributed by atoms with Gasteiger partial charge in [0.15, 0.2) is 0 Å². The summed E-state index contributed by atoms with van der Waals surface area (Å²) in [6.45, 7) is 3.12. The molecular weight excluding hydrogens is 240 g/mol. The third-order valence-corrected chi connectivity index (χ3v) is 3.51. The molecule has 19 heavy (non-hydrogen) atoms. The number of amides is 2. The molecule has 2 rings (SSSR count). The largest absolute Gasteiger partial charge is 0.353 e. The van der Waals surface area contributed by atoms with Crippen LogP contribution in [-0.4, -0.2) is 35.8 Å². The minimum atomic E-state index is -0.294. The summed E-state index contributed by atoms with van der Waals surface area (Å²) in [5, 5.41) is 2.81. The summed E-state index contributed by atoms with van der Waals surface area (Å²) in [6.07, 6.45) is 1.87. The molecule has 1 aliphatic rings. The van der Waals surface area contributed by atoms with E-state index in [1.807, 2.05) is 37.3 Å². The van der Waals surface area contributed by atoms with Crippen molar-refractivity contribution < 1.29 is 9.59 Å². The van der Waals surface area contributed by atoms with Gasteiger partial charge in [0.2, 0.25) is 11.8 Å².